The summed E-state index contributed by atoms with van der Waals surface area (Å²) in [6.07, 6.45) is 0.492. The highest BCUT2D eigenvalue weighted by Gasteiger charge is 2.15. The zero-order chi connectivity index (χ0) is 19.9. The number of benzene rings is 3. The number of ether oxygens (including phenoxy) is 2. The summed E-state index contributed by atoms with van der Waals surface area (Å²) in [5, 5.41) is 9.16. The van der Waals surface area contributed by atoms with E-state index in [1.54, 1.807) is 24.3 Å². The lowest BCUT2D eigenvalue weighted by Gasteiger charge is -2.15. The number of hydrogen-bond acceptors (Lipinski definition) is 3. The van der Waals surface area contributed by atoms with Crippen LogP contribution in [0.15, 0.2) is 60.7 Å². The summed E-state index contributed by atoms with van der Waals surface area (Å²) in [7, 11) is 0. The average Bonchev–Trinajstić information content (AvgIpc) is 2.68. The molecule has 0 unspecified atom stereocenters. The Kier molecular flexibility index (Phi) is 6.55. The van der Waals surface area contributed by atoms with E-state index in [4.69, 9.17) is 9.84 Å². The molecule has 3 nitrogen and oxygen atoms in total. The average molecular weight is 387 g/mol. The number of halogens is 3. The van der Waals surface area contributed by atoms with Crippen molar-refractivity contribution in [3.63, 3.8) is 0 Å². The van der Waals surface area contributed by atoms with E-state index >= 15 is 0 Å². The smallest absolute Gasteiger partial charge is 0.387 e. The summed E-state index contributed by atoms with van der Waals surface area (Å²) >= 11 is 0. The van der Waals surface area contributed by atoms with Gasteiger partial charge in [0.15, 0.2) is 0 Å². The van der Waals surface area contributed by atoms with Gasteiger partial charge in [0.05, 0.1) is 0 Å². The molecule has 0 saturated carbocycles. The Labute approximate surface area is 161 Å². The number of alkyl halides is 3. The fraction of sp³-hybridized carbons (Fsp3) is 0.182. The zero-order valence-electron chi connectivity index (χ0n) is 14.9. The van der Waals surface area contributed by atoms with Gasteiger partial charge < -0.3 is 14.6 Å². The van der Waals surface area contributed by atoms with Gasteiger partial charge in [-0.15, -0.1) is 0 Å². The summed E-state index contributed by atoms with van der Waals surface area (Å²) in [6.45, 7) is -3.98. The van der Waals surface area contributed by atoms with Gasteiger partial charge in [-0.1, -0.05) is 42.5 Å². The minimum Gasteiger partial charge on any atom is -0.462 e. The molecule has 28 heavy (non-hydrogen) atoms. The predicted molar refractivity (Wildman–Crippen MR) is 100 cm³/mol. The molecule has 0 aliphatic rings. The van der Waals surface area contributed by atoms with E-state index in [0.717, 1.165) is 11.1 Å². The van der Waals surface area contributed by atoms with Crippen LogP contribution in [-0.2, 0) is 6.42 Å². The first-order valence-electron chi connectivity index (χ1n) is 8.61. The summed E-state index contributed by atoms with van der Waals surface area (Å²) in [5.74, 6) is 0.239. The van der Waals surface area contributed by atoms with Crippen LogP contribution in [0.4, 0.5) is 13.2 Å². The molecule has 0 atom stereocenters. The van der Waals surface area contributed by atoms with Crippen molar-refractivity contribution in [3.8, 4) is 33.8 Å². The topological polar surface area (TPSA) is 38.7 Å². The molecule has 0 amide bonds. The maximum atomic E-state index is 13.1. The van der Waals surface area contributed by atoms with Gasteiger partial charge in [0.2, 0.25) is 6.86 Å². The van der Waals surface area contributed by atoms with Crippen molar-refractivity contribution in [2.45, 2.75) is 13.0 Å². The Morgan fingerprint density at radius 2 is 1.79 bits per heavy atom. The largest absolute Gasteiger partial charge is 0.462 e. The normalized spacial score (nSPS) is 10.9. The van der Waals surface area contributed by atoms with Crippen LogP contribution in [0.2, 0.25) is 0 Å². The Morgan fingerprint density at radius 1 is 1.00 bits per heavy atom. The number of aliphatic hydroxyl groups is 1. The summed E-state index contributed by atoms with van der Waals surface area (Å²) in [5.41, 5.74) is 3.28. The molecule has 3 aromatic carbocycles. The van der Waals surface area contributed by atoms with E-state index in [1.807, 2.05) is 24.3 Å². The first kappa shape index (κ1) is 19.8. The molecule has 0 spiro atoms. The summed E-state index contributed by atoms with van der Waals surface area (Å²) in [4.78, 5) is 0. The highest BCUT2D eigenvalue weighted by molar-refractivity contribution is 5.82. The minimum absolute atomic E-state index is 0.0116. The minimum atomic E-state index is -2.94. The third-order valence-electron chi connectivity index (χ3n) is 4.13. The first-order chi connectivity index (χ1) is 13.6. The van der Waals surface area contributed by atoms with Crippen LogP contribution in [0, 0.1) is 6.07 Å². The third-order valence-corrected chi connectivity index (χ3v) is 4.13. The van der Waals surface area contributed by atoms with Crippen molar-refractivity contribution in [2.75, 3.05) is 13.5 Å². The quantitative estimate of drug-likeness (QED) is 0.573. The molecule has 1 radical (unpaired) electrons. The second kappa shape index (κ2) is 9.28. The van der Waals surface area contributed by atoms with Crippen molar-refractivity contribution in [2.24, 2.45) is 0 Å². The second-order valence-electron chi connectivity index (χ2n) is 5.93. The van der Waals surface area contributed by atoms with E-state index in [2.05, 4.69) is 10.8 Å². The van der Waals surface area contributed by atoms with Crippen LogP contribution in [-0.4, -0.2) is 25.2 Å². The van der Waals surface area contributed by atoms with E-state index < -0.39 is 13.5 Å². The van der Waals surface area contributed by atoms with Crippen molar-refractivity contribution in [1.82, 2.24) is 0 Å². The van der Waals surface area contributed by atoms with Gasteiger partial charge in [0, 0.05) is 17.7 Å². The van der Waals surface area contributed by atoms with Crippen LogP contribution >= 0.6 is 0 Å². The Balaban J connectivity index is 2.09. The van der Waals surface area contributed by atoms with E-state index in [0.29, 0.717) is 23.1 Å². The molecule has 3 aromatic rings. The van der Waals surface area contributed by atoms with Gasteiger partial charge in [-0.2, -0.15) is 8.78 Å². The number of aliphatic hydroxyl groups excluding tert-OH is 1. The lowest BCUT2D eigenvalue weighted by Crippen LogP contribution is -2.02. The molecule has 0 fully saturated rings. The SMILES string of the molecule is OCCc1cccc(-c2cc[c]c(-c3cccc(OC(F)F)c3)c2OCF)c1. The maximum Gasteiger partial charge on any atom is 0.387 e. The summed E-state index contributed by atoms with van der Waals surface area (Å²) < 4.78 is 47.9. The van der Waals surface area contributed by atoms with Gasteiger partial charge in [0.25, 0.3) is 0 Å². The monoisotopic (exact) mass is 387 g/mol. The van der Waals surface area contributed by atoms with Gasteiger partial charge in [0.1, 0.15) is 11.5 Å². The lowest BCUT2D eigenvalue weighted by atomic mass is 9.96. The third kappa shape index (κ3) is 4.64. The molecule has 0 bridgehead atoms. The Bertz CT molecular complexity index is 928. The number of hydrogen-bond donors (Lipinski definition) is 1. The second-order valence-corrected chi connectivity index (χ2v) is 5.93. The molecular weight excluding hydrogens is 369 g/mol. The van der Waals surface area contributed by atoms with E-state index in [1.165, 1.54) is 12.1 Å². The fourth-order valence-electron chi connectivity index (χ4n) is 2.98. The van der Waals surface area contributed by atoms with Crippen LogP contribution < -0.4 is 9.47 Å². The predicted octanol–water partition coefficient (Wildman–Crippen LogP) is 5.26. The van der Waals surface area contributed by atoms with Crippen LogP contribution in [0.5, 0.6) is 11.5 Å². The zero-order valence-corrected chi connectivity index (χ0v) is 14.9. The lowest BCUT2D eigenvalue weighted by molar-refractivity contribution is -0.0498. The maximum absolute atomic E-state index is 13.1. The highest BCUT2D eigenvalue weighted by Crippen LogP contribution is 2.40. The standard InChI is InChI=1S/C22H18F3O3/c23-14-27-21-19(16-5-1-4-15(12-16)10-11-26)8-3-9-20(21)17-6-2-7-18(13-17)28-22(24)25/h1-8,12-13,22,26H,10-11,14H2. The van der Waals surface area contributed by atoms with Crippen LogP contribution in [0.25, 0.3) is 22.3 Å². The van der Waals surface area contributed by atoms with Crippen molar-refractivity contribution < 1.29 is 27.8 Å². The van der Waals surface area contributed by atoms with Crippen molar-refractivity contribution in [3.05, 3.63) is 72.3 Å². The molecule has 0 heterocycles. The van der Waals surface area contributed by atoms with Gasteiger partial charge in [-0.3, -0.25) is 0 Å². The molecule has 145 valence electrons. The molecule has 0 aliphatic carbocycles. The molecule has 3 rings (SSSR count). The molecule has 0 saturated heterocycles. The Hall–Kier alpha value is -2.99. The number of rotatable bonds is 8. The molecule has 6 heteroatoms. The van der Waals surface area contributed by atoms with Gasteiger partial charge in [-0.25, -0.2) is 4.39 Å². The fourth-order valence-corrected chi connectivity index (χ4v) is 2.98. The van der Waals surface area contributed by atoms with Crippen LogP contribution in [0.1, 0.15) is 5.56 Å². The van der Waals surface area contributed by atoms with Gasteiger partial charge >= 0.3 is 6.61 Å². The molecule has 1 N–H and O–H groups in total. The van der Waals surface area contributed by atoms with Crippen molar-refractivity contribution >= 4 is 0 Å². The Morgan fingerprint density at radius 3 is 2.54 bits per heavy atom. The molecule has 0 aliphatic heterocycles. The first-order valence-corrected chi connectivity index (χ1v) is 8.61. The highest BCUT2D eigenvalue weighted by atomic mass is 19.3. The summed E-state index contributed by atoms with van der Waals surface area (Å²) in [6, 6.07) is 19.9. The van der Waals surface area contributed by atoms with E-state index in [9.17, 15) is 13.2 Å². The van der Waals surface area contributed by atoms with Crippen LogP contribution in [0.3, 0.4) is 0 Å². The van der Waals surface area contributed by atoms with Gasteiger partial charge in [-0.05, 0) is 47.4 Å². The molecular formula is C22H18F3O3. The van der Waals surface area contributed by atoms with Crippen molar-refractivity contribution in [1.29, 1.82) is 0 Å². The molecule has 0 aromatic heterocycles. The van der Waals surface area contributed by atoms with E-state index in [-0.39, 0.29) is 18.1 Å².